The molecule has 1 aliphatic rings. The molecule has 0 aliphatic carbocycles. The molecule has 0 saturated heterocycles. The van der Waals surface area contributed by atoms with Gasteiger partial charge in [0, 0.05) is 25.9 Å². The normalized spacial score (nSPS) is 11.9. The summed E-state index contributed by atoms with van der Waals surface area (Å²) < 4.78 is 0. The van der Waals surface area contributed by atoms with Crippen molar-refractivity contribution in [2.45, 2.75) is 38.8 Å². The Morgan fingerprint density at radius 3 is 1.83 bits per heavy atom. The highest BCUT2D eigenvalue weighted by Crippen LogP contribution is 2.19. The van der Waals surface area contributed by atoms with Gasteiger partial charge in [0.15, 0.2) is 0 Å². The number of benzene rings is 1. The largest absolute Gasteiger partial charge is 0.370 e. The molecule has 8 nitrogen and oxygen atoms in total. The Labute approximate surface area is 140 Å². The molecular formula is C16H22N4O4. The van der Waals surface area contributed by atoms with Crippen LogP contribution in [0.25, 0.3) is 0 Å². The molecule has 2 bridgehead atoms. The number of fused-ring (bicyclic) bond motifs is 2. The molecule has 0 unspecified atom stereocenters. The summed E-state index contributed by atoms with van der Waals surface area (Å²) in [5, 5.41) is 0. The fourth-order valence-corrected chi connectivity index (χ4v) is 2.23. The molecule has 24 heavy (non-hydrogen) atoms. The van der Waals surface area contributed by atoms with Gasteiger partial charge in [-0.25, -0.2) is 0 Å². The Morgan fingerprint density at radius 2 is 1.38 bits per heavy atom. The highest BCUT2D eigenvalue weighted by Gasteiger charge is 2.18. The summed E-state index contributed by atoms with van der Waals surface area (Å²) in [6.07, 6.45) is 2.29. The zero-order valence-corrected chi connectivity index (χ0v) is 13.4. The molecule has 8 heteroatoms. The summed E-state index contributed by atoms with van der Waals surface area (Å²) in [7, 11) is 0. The lowest BCUT2D eigenvalue weighted by Crippen LogP contribution is -2.32. The molecule has 0 saturated carbocycles. The lowest BCUT2D eigenvalue weighted by atomic mass is 10.0. The summed E-state index contributed by atoms with van der Waals surface area (Å²) in [4.78, 5) is 43.4. The van der Waals surface area contributed by atoms with Crippen LogP contribution < -0.4 is 17.2 Å². The molecule has 0 radical (unpaired) electrons. The van der Waals surface area contributed by atoms with Crippen molar-refractivity contribution in [1.29, 1.82) is 0 Å². The van der Waals surface area contributed by atoms with Crippen molar-refractivity contribution in [3.05, 3.63) is 35.4 Å². The van der Waals surface area contributed by atoms with Crippen molar-refractivity contribution < 1.29 is 19.2 Å². The molecular weight excluding hydrogens is 312 g/mol. The summed E-state index contributed by atoms with van der Waals surface area (Å²) in [5.41, 5.74) is 16.1. The van der Waals surface area contributed by atoms with Gasteiger partial charge in [0.05, 0.1) is 0 Å². The second-order valence-corrected chi connectivity index (χ2v) is 5.47. The van der Waals surface area contributed by atoms with E-state index in [4.69, 9.17) is 5.73 Å². The molecule has 0 aromatic heterocycles. The van der Waals surface area contributed by atoms with Gasteiger partial charge >= 0.3 is 11.8 Å². The summed E-state index contributed by atoms with van der Waals surface area (Å²) >= 11 is 0. The number of nitrogens with two attached hydrogens (primary N) is 3. The van der Waals surface area contributed by atoms with Gasteiger partial charge in [0.2, 0.25) is 11.8 Å². The zero-order chi connectivity index (χ0) is 18.1. The zero-order valence-electron chi connectivity index (χ0n) is 13.4. The Hall–Kier alpha value is -2.90. The third kappa shape index (κ3) is 6.91. The van der Waals surface area contributed by atoms with E-state index in [1.54, 1.807) is 0 Å². The Bertz CT molecular complexity index is 597. The van der Waals surface area contributed by atoms with Crippen LogP contribution in [0.3, 0.4) is 0 Å². The van der Waals surface area contributed by atoms with Crippen LogP contribution in [-0.4, -0.2) is 28.5 Å². The van der Waals surface area contributed by atoms with Gasteiger partial charge in [-0.3, -0.25) is 19.2 Å². The molecule has 1 aliphatic heterocycles. The third-order valence-corrected chi connectivity index (χ3v) is 3.40. The van der Waals surface area contributed by atoms with E-state index in [0.29, 0.717) is 32.4 Å². The maximum absolute atomic E-state index is 12.0. The first-order chi connectivity index (χ1) is 11.3. The first kappa shape index (κ1) is 19.1. The lowest BCUT2D eigenvalue weighted by molar-refractivity contribution is -0.135. The molecule has 1 aromatic carbocycles. The average Bonchev–Trinajstić information content (AvgIpc) is 2.51. The first-order valence-electron chi connectivity index (χ1n) is 7.52. The van der Waals surface area contributed by atoms with Crippen LogP contribution in [0.2, 0.25) is 0 Å². The topological polar surface area (TPSA) is 150 Å². The van der Waals surface area contributed by atoms with E-state index in [-0.39, 0.29) is 11.8 Å². The summed E-state index contributed by atoms with van der Waals surface area (Å²) in [5.74, 6) is -2.34. The van der Waals surface area contributed by atoms with E-state index in [1.807, 2.05) is 23.1 Å². The average molecular weight is 334 g/mol. The van der Waals surface area contributed by atoms with E-state index in [2.05, 4.69) is 17.5 Å². The minimum Gasteiger partial charge on any atom is -0.370 e. The van der Waals surface area contributed by atoms with E-state index in [9.17, 15) is 19.2 Å². The molecule has 6 N–H and O–H groups in total. The second-order valence-electron chi connectivity index (χ2n) is 5.47. The number of rotatable bonds is 5. The number of carbonyl (C=O) groups is 4. The van der Waals surface area contributed by atoms with Gasteiger partial charge in [-0.05, 0) is 24.0 Å². The predicted octanol–water partition coefficient (Wildman–Crippen LogP) is -0.468. The van der Waals surface area contributed by atoms with Crippen LogP contribution in [0, 0.1) is 0 Å². The third-order valence-electron chi connectivity index (χ3n) is 3.40. The first-order valence-corrected chi connectivity index (χ1v) is 7.52. The standard InChI is InChI=1S/C14H18N2O2.C2H4N2O2/c15-13(17)6-1-2-7-14(18)16-9-11-4-3-5-12(8-11)10-16;3-1(5)2(4)6/h3-5,8H,1-2,6-7,9-10H2,(H2,15,17);(H2,3,5)(H2,4,6). The van der Waals surface area contributed by atoms with E-state index in [0.717, 1.165) is 6.42 Å². The van der Waals surface area contributed by atoms with Crippen molar-refractivity contribution in [2.75, 3.05) is 0 Å². The number of hydrogen-bond acceptors (Lipinski definition) is 4. The minimum atomic E-state index is -1.10. The number of amides is 4. The van der Waals surface area contributed by atoms with Crippen LogP contribution in [0.4, 0.5) is 0 Å². The molecule has 0 fully saturated rings. The van der Waals surface area contributed by atoms with Gasteiger partial charge < -0.3 is 22.1 Å². The maximum atomic E-state index is 12.0. The van der Waals surface area contributed by atoms with E-state index < -0.39 is 11.8 Å². The van der Waals surface area contributed by atoms with Crippen molar-refractivity contribution in [3.63, 3.8) is 0 Å². The highest BCUT2D eigenvalue weighted by molar-refractivity contribution is 6.33. The monoisotopic (exact) mass is 334 g/mol. The van der Waals surface area contributed by atoms with Crippen molar-refractivity contribution in [3.8, 4) is 0 Å². The smallest absolute Gasteiger partial charge is 0.306 e. The van der Waals surface area contributed by atoms with Crippen molar-refractivity contribution in [1.82, 2.24) is 4.90 Å². The van der Waals surface area contributed by atoms with Crippen LogP contribution in [0.15, 0.2) is 24.3 Å². The predicted molar refractivity (Wildman–Crippen MR) is 86.7 cm³/mol. The van der Waals surface area contributed by atoms with Gasteiger partial charge in [-0.15, -0.1) is 0 Å². The Morgan fingerprint density at radius 1 is 0.875 bits per heavy atom. The number of carbonyl (C=O) groups excluding carboxylic acids is 4. The maximum Gasteiger partial charge on any atom is 0.306 e. The molecule has 130 valence electrons. The van der Waals surface area contributed by atoms with Crippen LogP contribution in [0.5, 0.6) is 0 Å². The van der Waals surface area contributed by atoms with Crippen LogP contribution in [-0.2, 0) is 32.3 Å². The van der Waals surface area contributed by atoms with Crippen LogP contribution >= 0.6 is 0 Å². The van der Waals surface area contributed by atoms with Gasteiger partial charge in [-0.1, -0.05) is 24.3 Å². The Kier molecular flexibility index (Phi) is 7.41. The highest BCUT2D eigenvalue weighted by atomic mass is 16.2. The van der Waals surface area contributed by atoms with Crippen LogP contribution in [0.1, 0.15) is 36.8 Å². The van der Waals surface area contributed by atoms with Gasteiger partial charge in [0.25, 0.3) is 0 Å². The van der Waals surface area contributed by atoms with Gasteiger partial charge in [0.1, 0.15) is 0 Å². The molecule has 1 aromatic rings. The Balaban J connectivity index is 0.000000413. The van der Waals surface area contributed by atoms with Crippen molar-refractivity contribution in [2.24, 2.45) is 17.2 Å². The number of hydrogen-bond donors (Lipinski definition) is 3. The minimum absolute atomic E-state index is 0.159. The number of primary amides is 3. The fraction of sp³-hybridized carbons (Fsp3) is 0.375. The van der Waals surface area contributed by atoms with Crippen molar-refractivity contribution >= 4 is 23.6 Å². The molecule has 2 rings (SSSR count). The lowest BCUT2D eigenvalue weighted by Gasteiger charge is -2.27. The fourth-order valence-electron chi connectivity index (χ4n) is 2.23. The van der Waals surface area contributed by atoms with Gasteiger partial charge in [-0.2, -0.15) is 0 Å². The molecule has 0 atom stereocenters. The molecule has 4 amide bonds. The second kappa shape index (κ2) is 9.29. The molecule has 0 spiro atoms. The number of nitrogens with zero attached hydrogens (tertiary/aromatic N) is 1. The van der Waals surface area contributed by atoms with E-state index >= 15 is 0 Å². The SMILES string of the molecule is NC(=O)C(N)=O.NC(=O)CCCCC(=O)N1Cc2cccc(c2)C1. The molecule has 1 heterocycles. The quantitative estimate of drug-likeness (QED) is 0.493. The number of unbranched alkanes of at least 4 members (excludes halogenated alkanes) is 1. The summed E-state index contributed by atoms with van der Waals surface area (Å²) in [6.45, 7) is 1.39. The summed E-state index contributed by atoms with van der Waals surface area (Å²) in [6, 6.07) is 8.24. The van der Waals surface area contributed by atoms with E-state index in [1.165, 1.54) is 11.1 Å².